The fourth-order valence-electron chi connectivity index (χ4n) is 2.05. The Kier molecular flexibility index (Phi) is 3.71. The molecule has 1 heterocycles. The number of hydrogen-bond acceptors (Lipinski definition) is 3. The van der Waals surface area contributed by atoms with Gasteiger partial charge in [0.05, 0.1) is 5.69 Å². The van der Waals surface area contributed by atoms with Crippen LogP contribution in [0.1, 0.15) is 12.8 Å². The Hall–Kier alpha value is -1.46. The van der Waals surface area contributed by atoms with Crippen molar-refractivity contribution in [3.63, 3.8) is 0 Å². The zero-order chi connectivity index (χ0) is 12.3. The van der Waals surface area contributed by atoms with E-state index in [1.165, 1.54) is 12.1 Å². The minimum Gasteiger partial charge on any atom is -0.329 e. The molecule has 0 atom stereocenters. The van der Waals surface area contributed by atoms with Gasteiger partial charge in [-0.1, -0.05) is 6.07 Å². The van der Waals surface area contributed by atoms with Gasteiger partial charge in [-0.25, -0.2) is 14.4 Å². The summed E-state index contributed by atoms with van der Waals surface area (Å²) < 4.78 is 13.2. The molecule has 4 nitrogen and oxygen atoms in total. The Morgan fingerprint density at radius 3 is 2.94 bits per heavy atom. The monoisotopic (exact) mass is 237 g/mol. The molecule has 1 aliphatic rings. The predicted molar refractivity (Wildman–Crippen MR) is 63.7 cm³/mol. The number of rotatable bonds is 3. The number of carbonyl (C=O) groups excluding carboxylic acids is 1. The van der Waals surface area contributed by atoms with Crippen LogP contribution < -0.4 is 10.7 Å². The maximum Gasteiger partial charge on any atom is 0.241 e. The van der Waals surface area contributed by atoms with Crippen molar-refractivity contribution >= 4 is 11.6 Å². The molecule has 1 amide bonds. The first-order valence-corrected chi connectivity index (χ1v) is 5.76. The van der Waals surface area contributed by atoms with E-state index in [0.717, 1.165) is 13.0 Å². The molecule has 1 aromatic carbocycles. The highest BCUT2D eigenvalue weighted by Crippen LogP contribution is 2.22. The van der Waals surface area contributed by atoms with Gasteiger partial charge >= 0.3 is 0 Å². The van der Waals surface area contributed by atoms with Crippen molar-refractivity contribution in [3.05, 3.63) is 30.1 Å². The molecule has 0 aliphatic carbocycles. The van der Waals surface area contributed by atoms with Gasteiger partial charge in [0, 0.05) is 26.1 Å². The normalized spacial score (nSPS) is 17.5. The second-order valence-electron chi connectivity index (χ2n) is 4.03. The van der Waals surface area contributed by atoms with Crippen LogP contribution in [-0.4, -0.2) is 30.6 Å². The lowest BCUT2D eigenvalue weighted by atomic mass is 10.2. The van der Waals surface area contributed by atoms with Crippen molar-refractivity contribution in [2.24, 2.45) is 5.73 Å². The summed E-state index contributed by atoms with van der Waals surface area (Å²) in [5.74, 6) is -0.344. The second kappa shape index (κ2) is 5.25. The summed E-state index contributed by atoms with van der Waals surface area (Å²) in [5.41, 5.74) is 6.09. The SMILES string of the molecule is NCCN1CCCC(=O)N1c1cccc(F)c1. The van der Waals surface area contributed by atoms with Gasteiger partial charge in [-0.15, -0.1) is 0 Å². The molecule has 0 saturated carbocycles. The van der Waals surface area contributed by atoms with Gasteiger partial charge in [-0.2, -0.15) is 0 Å². The fraction of sp³-hybridized carbons (Fsp3) is 0.417. The fourth-order valence-corrected chi connectivity index (χ4v) is 2.05. The summed E-state index contributed by atoms with van der Waals surface area (Å²) in [6.45, 7) is 1.85. The van der Waals surface area contributed by atoms with E-state index < -0.39 is 0 Å². The second-order valence-corrected chi connectivity index (χ2v) is 4.03. The van der Waals surface area contributed by atoms with E-state index >= 15 is 0 Å². The van der Waals surface area contributed by atoms with Crippen molar-refractivity contribution in [3.8, 4) is 0 Å². The minimum atomic E-state index is -0.339. The minimum absolute atomic E-state index is 0.00435. The number of hydrogen-bond donors (Lipinski definition) is 1. The van der Waals surface area contributed by atoms with Crippen molar-refractivity contribution < 1.29 is 9.18 Å². The van der Waals surface area contributed by atoms with Crippen LogP contribution >= 0.6 is 0 Å². The van der Waals surface area contributed by atoms with E-state index in [9.17, 15) is 9.18 Å². The topological polar surface area (TPSA) is 49.6 Å². The Balaban J connectivity index is 2.27. The number of carbonyl (C=O) groups is 1. The quantitative estimate of drug-likeness (QED) is 0.857. The zero-order valence-corrected chi connectivity index (χ0v) is 9.60. The van der Waals surface area contributed by atoms with Crippen LogP contribution in [0.3, 0.4) is 0 Å². The number of halogens is 1. The molecule has 17 heavy (non-hydrogen) atoms. The van der Waals surface area contributed by atoms with Crippen molar-refractivity contribution in [2.45, 2.75) is 12.8 Å². The summed E-state index contributed by atoms with van der Waals surface area (Å²) in [6.07, 6.45) is 1.32. The standard InChI is InChI=1S/C12H16FN3O/c13-10-3-1-4-11(9-10)16-12(17)5-2-7-15(16)8-6-14/h1,3-4,9H,2,5-8,14H2. The third kappa shape index (κ3) is 2.62. The molecule has 1 aliphatic heterocycles. The molecular formula is C12H16FN3O. The first-order chi connectivity index (χ1) is 8.22. The number of nitrogens with zero attached hydrogens (tertiary/aromatic N) is 2. The molecule has 0 bridgehead atoms. The van der Waals surface area contributed by atoms with E-state index in [4.69, 9.17) is 5.73 Å². The van der Waals surface area contributed by atoms with Gasteiger partial charge < -0.3 is 5.73 Å². The first-order valence-electron chi connectivity index (χ1n) is 5.76. The average Bonchev–Trinajstić information content (AvgIpc) is 2.29. The van der Waals surface area contributed by atoms with E-state index in [1.54, 1.807) is 17.1 Å². The van der Waals surface area contributed by atoms with Gasteiger partial charge in [0.2, 0.25) is 5.91 Å². The molecule has 1 saturated heterocycles. The lowest BCUT2D eigenvalue weighted by Gasteiger charge is -2.38. The Labute approximate surface area is 99.8 Å². The van der Waals surface area contributed by atoms with Crippen molar-refractivity contribution in [2.75, 3.05) is 24.6 Å². The van der Waals surface area contributed by atoms with E-state index in [0.29, 0.717) is 25.2 Å². The smallest absolute Gasteiger partial charge is 0.241 e. The van der Waals surface area contributed by atoms with Gasteiger partial charge in [0.25, 0.3) is 0 Å². The van der Waals surface area contributed by atoms with Gasteiger partial charge in [-0.05, 0) is 24.6 Å². The highest BCUT2D eigenvalue weighted by molar-refractivity contribution is 5.93. The molecule has 0 aromatic heterocycles. The first kappa shape index (κ1) is 12.0. The molecule has 2 rings (SSSR count). The maximum atomic E-state index is 13.2. The maximum absolute atomic E-state index is 13.2. The molecule has 1 fully saturated rings. The van der Waals surface area contributed by atoms with Crippen LogP contribution in [0.5, 0.6) is 0 Å². The Morgan fingerprint density at radius 1 is 1.41 bits per heavy atom. The number of nitrogens with two attached hydrogens (primary N) is 1. The predicted octanol–water partition coefficient (Wildman–Crippen LogP) is 1.13. The molecule has 0 spiro atoms. The van der Waals surface area contributed by atoms with Crippen LogP contribution in [0.2, 0.25) is 0 Å². The number of hydrazine groups is 1. The van der Waals surface area contributed by atoms with Crippen LogP contribution in [-0.2, 0) is 4.79 Å². The lowest BCUT2D eigenvalue weighted by Crippen LogP contribution is -2.52. The van der Waals surface area contributed by atoms with E-state index in [-0.39, 0.29) is 11.7 Å². The molecule has 1 aromatic rings. The summed E-state index contributed by atoms with van der Waals surface area (Å²) in [4.78, 5) is 11.9. The third-order valence-electron chi connectivity index (χ3n) is 2.77. The molecule has 2 N–H and O–H groups in total. The highest BCUT2D eigenvalue weighted by Gasteiger charge is 2.26. The van der Waals surface area contributed by atoms with Crippen molar-refractivity contribution in [1.29, 1.82) is 0 Å². The van der Waals surface area contributed by atoms with E-state index in [1.807, 2.05) is 5.01 Å². The number of anilines is 1. The summed E-state index contributed by atoms with van der Waals surface area (Å²) in [7, 11) is 0. The van der Waals surface area contributed by atoms with Crippen LogP contribution in [0, 0.1) is 5.82 Å². The van der Waals surface area contributed by atoms with Crippen LogP contribution in [0.15, 0.2) is 24.3 Å². The number of benzene rings is 1. The molecular weight excluding hydrogens is 221 g/mol. The average molecular weight is 237 g/mol. The van der Waals surface area contributed by atoms with Crippen molar-refractivity contribution in [1.82, 2.24) is 5.01 Å². The molecule has 5 heteroatoms. The summed E-state index contributed by atoms with van der Waals surface area (Å²) >= 11 is 0. The largest absolute Gasteiger partial charge is 0.329 e. The van der Waals surface area contributed by atoms with Gasteiger partial charge in [-0.3, -0.25) is 4.79 Å². The highest BCUT2D eigenvalue weighted by atomic mass is 19.1. The van der Waals surface area contributed by atoms with Crippen LogP contribution in [0.4, 0.5) is 10.1 Å². The summed E-state index contributed by atoms with van der Waals surface area (Å²) in [5, 5.41) is 3.42. The molecule has 92 valence electrons. The Bertz CT molecular complexity index is 408. The molecule has 0 radical (unpaired) electrons. The third-order valence-corrected chi connectivity index (χ3v) is 2.77. The van der Waals surface area contributed by atoms with E-state index in [2.05, 4.69) is 0 Å². The summed E-state index contributed by atoms with van der Waals surface area (Å²) in [6, 6.07) is 6.07. The van der Waals surface area contributed by atoms with Gasteiger partial charge in [0.1, 0.15) is 5.82 Å². The number of amides is 1. The molecule has 0 unspecified atom stereocenters. The zero-order valence-electron chi connectivity index (χ0n) is 9.60. The Morgan fingerprint density at radius 2 is 2.24 bits per heavy atom. The van der Waals surface area contributed by atoms with Gasteiger partial charge in [0.15, 0.2) is 0 Å². The lowest BCUT2D eigenvalue weighted by molar-refractivity contribution is -0.123. The van der Waals surface area contributed by atoms with Crippen LogP contribution in [0.25, 0.3) is 0 Å².